The number of nitrogens with zero attached hydrogens (tertiary/aromatic N) is 3. The molecule has 0 aliphatic heterocycles. The van der Waals surface area contributed by atoms with Gasteiger partial charge in [0.2, 0.25) is 5.95 Å². The molecule has 1 saturated carbocycles. The highest BCUT2D eigenvalue weighted by atomic mass is 19.4. The fourth-order valence-corrected chi connectivity index (χ4v) is 4.63. The highest BCUT2D eigenvalue weighted by molar-refractivity contribution is 6.01. The molecule has 0 unspecified atom stereocenters. The summed E-state index contributed by atoms with van der Waals surface area (Å²) in [5.74, 6) is -2.10. The largest absolute Gasteiger partial charge is 0.478 e. The molecule has 1 aliphatic carbocycles. The number of fused-ring (bicyclic) bond motifs is 1. The average molecular weight is 539 g/mol. The Labute approximate surface area is 219 Å². The summed E-state index contributed by atoms with van der Waals surface area (Å²) in [6.07, 6.45) is 0.494. The van der Waals surface area contributed by atoms with Crippen LogP contribution >= 0.6 is 0 Å². The van der Waals surface area contributed by atoms with Crippen LogP contribution in [0.4, 0.5) is 17.6 Å². The Bertz CT molecular complexity index is 1600. The SMILES string of the molecule is COc1ncc(C(F)(F)F)c(/C(=C(\c2ccc(/C=C/C(=O)O)cc2)c2ccc3[nH]nc(F)c3c2)C2CCC2)n1. The number of aliphatic carboxylic acids is 1. The van der Waals surface area contributed by atoms with Crippen LogP contribution in [-0.2, 0) is 11.0 Å². The van der Waals surface area contributed by atoms with Crippen molar-refractivity contribution in [3.63, 3.8) is 0 Å². The second kappa shape index (κ2) is 10.3. The average Bonchev–Trinajstić information content (AvgIpc) is 3.25. The van der Waals surface area contributed by atoms with E-state index in [1.54, 1.807) is 42.5 Å². The summed E-state index contributed by atoms with van der Waals surface area (Å²) in [5.41, 5.74) is 1.56. The number of benzene rings is 2. The summed E-state index contributed by atoms with van der Waals surface area (Å²) < 4.78 is 62.3. The molecule has 0 saturated heterocycles. The van der Waals surface area contributed by atoms with E-state index in [2.05, 4.69) is 20.2 Å². The number of halogens is 4. The highest BCUT2D eigenvalue weighted by Crippen LogP contribution is 2.48. The molecular weight excluding hydrogens is 516 g/mol. The third-order valence-electron chi connectivity index (χ3n) is 6.72. The van der Waals surface area contributed by atoms with E-state index in [0.717, 1.165) is 18.7 Å². The van der Waals surface area contributed by atoms with Crippen LogP contribution < -0.4 is 4.74 Å². The zero-order valence-corrected chi connectivity index (χ0v) is 20.6. The lowest BCUT2D eigenvalue weighted by atomic mass is 9.73. The number of hydrogen-bond acceptors (Lipinski definition) is 5. The molecule has 39 heavy (non-hydrogen) atoms. The van der Waals surface area contributed by atoms with Gasteiger partial charge in [-0.15, -0.1) is 5.10 Å². The van der Waals surface area contributed by atoms with E-state index in [1.807, 2.05) is 0 Å². The summed E-state index contributed by atoms with van der Waals surface area (Å²) in [6, 6.07) is 11.4. The fourth-order valence-electron chi connectivity index (χ4n) is 4.63. The standard InChI is InChI=1S/C28H22F4N4O3/c1-39-27-33-14-20(28(30,31)32)25(34-27)24(16-3-2-4-16)23(17-8-5-15(6-9-17)7-12-22(37)38)18-10-11-21-19(13-18)26(29)36-35-21/h5-14,16H,2-4H2,1H3,(H,35,36)(H,37,38)/b12-7+,24-23+. The van der Waals surface area contributed by atoms with E-state index in [9.17, 15) is 22.4 Å². The molecule has 5 rings (SSSR count). The first-order chi connectivity index (χ1) is 18.7. The molecule has 0 spiro atoms. The molecule has 7 nitrogen and oxygen atoms in total. The van der Waals surface area contributed by atoms with Gasteiger partial charge in [-0.3, -0.25) is 5.10 Å². The summed E-state index contributed by atoms with van der Waals surface area (Å²) >= 11 is 0. The topological polar surface area (TPSA) is 101 Å². The third-order valence-corrected chi connectivity index (χ3v) is 6.72. The molecule has 2 N–H and O–H groups in total. The van der Waals surface area contributed by atoms with Crippen molar-refractivity contribution in [3.8, 4) is 6.01 Å². The maximum absolute atomic E-state index is 14.5. The molecule has 0 amide bonds. The molecule has 0 bridgehead atoms. The lowest BCUT2D eigenvalue weighted by Crippen LogP contribution is -2.20. The minimum atomic E-state index is -4.74. The second-order valence-corrected chi connectivity index (χ2v) is 9.10. The Morgan fingerprint density at radius 2 is 1.85 bits per heavy atom. The van der Waals surface area contributed by atoms with Gasteiger partial charge in [0.25, 0.3) is 0 Å². The van der Waals surface area contributed by atoms with Gasteiger partial charge in [0.1, 0.15) is 5.56 Å². The van der Waals surface area contributed by atoms with E-state index in [1.165, 1.54) is 13.2 Å². The van der Waals surface area contributed by atoms with Crippen molar-refractivity contribution in [2.45, 2.75) is 25.4 Å². The smallest absolute Gasteiger partial charge is 0.419 e. The van der Waals surface area contributed by atoms with E-state index in [0.29, 0.717) is 46.2 Å². The number of ether oxygens (including phenoxy) is 1. The number of carboxylic acids is 1. The number of rotatable bonds is 7. The first-order valence-corrected chi connectivity index (χ1v) is 12.0. The molecule has 2 aromatic heterocycles. The molecule has 2 aromatic carbocycles. The Morgan fingerprint density at radius 1 is 1.13 bits per heavy atom. The number of allylic oxidation sites excluding steroid dienone is 1. The van der Waals surface area contributed by atoms with Gasteiger partial charge in [-0.1, -0.05) is 36.8 Å². The van der Waals surface area contributed by atoms with Gasteiger partial charge < -0.3 is 9.84 Å². The van der Waals surface area contributed by atoms with Crippen LogP contribution in [0.1, 0.15) is 47.2 Å². The second-order valence-electron chi connectivity index (χ2n) is 9.10. The molecule has 200 valence electrons. The molecule has 4 aromatic rings. The fraction of sp³-hybridized carbons (Fsp3) is 0.214. The van der Waals surface area contributed by atoms with Crippen LogP contribution in [0.5, 0.6) is 6.01 Å². The van der Waals surface area contributed by atoms with E-state index >= 15 is 0 Å². The number of carboxylic acid groups (broad SMARTS) is 1. The Balaban J connectivity index is 1.83. The van der Waals surface area contributed by atoms with Crippen LogP contribution in [0.2, 0.25) is 0 Å². The van der Waals surface area contributed by atoms with Crippen molar-refractivity contribution < 1.29 is 32.2 Å². The Hall–Kier alpha value is -4.54. The van der Waals surface area contributed by atoms with Crippen molar-refractivity contribution in [2.24, 2.45) is 5.92 Å². The van der Waals surface area contributed by atoms with E-state index < -0.39 is 23.7 Å². The van der Waals surface area contributed by atoms with Crippen LogP contribution in [0.3, 0.4) is 0 Å². The quantitative estimate of drug-likeness (QED) is 0.209. The zero-order valence-electron chi connectivity index (χ0n) is 20.6. The number of methoxy groups -OCH3 is 1. The predicted octanol–water partition coefficient (Wildman–Crippen LogP) is 6.38. The molecule has 1 aliphatic rings. The molecule has 2 heterocycles. The zero-order chi connectivity index (χ0) is 27.7. The molecule has 11 heteroatoms. The number of hydrogen-bond donors (Lipinski definition) is 2. The third kappa shape index (κ3) is 5.25. The monoisotopic (exact) mass is 538 g/mol. The van der Waals surface area contributed by atoms with Crippen molar-refractivity contribution in [3.05, 3.63) is 88.6 Å². The van der Waals surface area contributed by atoms with Crippen LogP contribution in [0.25, 0.3) is 28.1 Å². The number of aromatic nitrogens is 4. The maximum Gasteiger partial charge on any atom is 0.419 e. The molecule has 0 atom stereocenters. The Kier molecular flexibility index (Phi) is 6.90. The minimum absolute atomic E-state index is 0.190. The lowest BCUT2D eigenvalue weighted by molar-refractivity contribution is -0.138. The minimum Gasteiger partial charge on any atom is -0.478 e. The normalized spacial score (nSPS) is 14.9. The van der Waals surface area contributed by atoms with Crippen LogP contribution in [-0.4, -0.2) is 38.4 Å². The summed E-state index contributed by atoms with van der Waals surface area (Å²) in [5, 5.41) is 15.3. The van der Waals surface area contributed by atoms with Gasteiger partial charge in [0, 0.05) is 12.3 Å². The van der Waals surface area contributed by atoms with Gasteiger partial charge in [-0.05, 0) is 64.8 Å². The first-order valence-electron chi connectivity index (χ1n) is 12.0. The van der Waals surface area contributed by atoms with Crippen LogP contribution in [0, 0.1) is 11.9 Å². The van der Waals surface area contributed by atoms with Gasteiger partial charge in [0.05, 0.1) is 23.7 Å². The molecule has 0 radical (unpaired) electrons. The van der Waals surface area contributed by atoms with E-state index in [-0.39, 0.29) is 23.0 Å². The number of carbonyl (C=O) groups is 1. The number of H-pyrrole nitrogens is 1. The number of aromatic amines is 1. The maximum atomic E-state index is 14.5. The van der Waals surface area contributed by atoms with Gasteiger partial charge in [-0.2, -0.15) is 22.5 Å². The number of alkyl halides is 3. The van der Waals surface area contributed by atoms with Gasteiger partial charge >= 0.3 is 18.2 Å². The van der Waals surface area contributed by atoms with Crippen LogP contribution in [0.15, 0.2) is 54.7 Å². The highest BCUT2D eigenvalue weighted by Gasteiger charge is 2.39. The summed E-state index contributed by atoms with van der Waals surface area (Å²) in [4.78, 5) is 18.8. The Morgan fingerprint density at radius 3 is 2.46 bits per heavy atom. The summed E-state index contributed by atoms with van der Waals surface area (Å²) in [7, 11) is 1.28. The van der Waals surface area contributed by atoms with Crippen molar-refractivity contribution in [2.75, 3.05) is 7.11 Å². The van der Waals surface area contributed by atoms with Gasteiger partial charge in [-0.25, -0.2) is 9.78 Å². The first kappa shape index (κ1) is 26.1. The van der Waals surface area contributed by atoms with Crippen molar-refractivity contribution >= 4 is 34.1 Å². The molecule has 1 fully saturated rings. The number of nitrogens with one attached hydrogen (secondary N) is 1. The predicted molar refractivity (Wildman–Crippen MR) is 136 cm³/mol. The van der Waals surface area contributed by atoms with Crippen molar-refractivity contribution in [1.82, 2.24) is 20.2 Å². The summed E-state index contributed by atoms with van der Waals surface area (Å²) in [6.45, 7) is 0. The van der Waals surface area contributed by atoms with E-state index in [4.69, 9.17) is 9.84 Å². The van der Waals surface area contributed by atoms with Gasteiger partial charge in [0.15, 0.2) is 0 Å². The lowest BCUT2D eigenvalue weighted by Gasteiger charge is -2.32. The molecular formula is C28H22F4N4O3. The van der Waals surface area contributed by atoms with Crippen molar-refractivity contribution in [1.29, 1.82) is 0 Å².